The van der Waals surface area contributed by atoms with Gasteiger partial charge in [0, 0.05) is 0 Å². The van der Waals surface area contributed by atoms with Crippen molar-refractivity contribution in [3.05, 3.63) is 23.3 Å². The Kier molecular flexibility index (Phi) is 2.48. The molecule has 88 valence electrons. The molecule has 0 aromatic carbocycles. The van der Waals surface area contributed by atoms with Crippen LogP contribution in [0.1, 0.15) is 47.0 Å². The summed E-state index contributed by atoms with van der Waals surface area (Å²) in [6, 6.07) is 0. The van der Waals surface area contributed by atoms with Gasteiger partial charge in [0.25, 0.3) is 0 Å². The van der Waals surface area contributed by atoms with Gasteiger partial charge < -0.3 is 4.74 Å². The van der Waals surface area contributed by atoms with Crippen molar-refractivity contribution in [1.29, 1.82) is 0 Å². The molecular weight excluding hydrogens is 200 g/mol. The van der Waals surface area contributed by atoms with Crippen molar-refractivity contribution in [2.75, 3.05) is 0 Å². The van der Waals surface area contributed by atoms with Gasteiger partial charge in [-0.2, -0.15) is 0 Å². The molecule has 0 amide bonds. The molecule has 0 radical (unpaired) electrons. The molecule has 16 heavy (non-hydrogen) atoms. The second-order valence-electron chi connectivity index (χ2n) is 5.66. The van der Waals surface area contributed by atoms with Crippen molar-refractivity contribution in [3.8, 4) is 0 Å². The summed E-state index contributed by atoms with van der Waals surface area (Å²) in [5, 5.41) is 0. The molecule has 2 aliphatic rings. The first kappa shape index (κ1) is 11.4. The second-order valence-corrected chi connectivity index (χ2v) is 5.66. The van der Waals surface area contributed by atoms with Crippen molar-refractivity contribution < 1.29 is 9.53 Å². The topological polar surface area (TPSA) is 26.3 Å². The van der Waals surface area contributed by atoms with Gasteiger partial charge in [-0.05, 0) is 50.2 Å². The Bertz CT molecular complexity index is 388. The standard InChI is InChI=1S/C14H20O2/c1-5-10-9-11-13(2,3)7-6-8-14(11,4)16-12(10)15/h5,9H,6-8H2,1-4H3/b10-5+. The van der Waals surface area contributed by atoms with E-state index in [1.165, 1.54) is 12.0 Å². The van der Waals surface area contributed by atoms with Gasteiger partial charge in [0.2, 0.25) is 0 Å². The zero-order valence-electron chi connectivity index (χ0n) is 10.6. The maximum Gasteiger partial charge on any atom is 0.338 e. The van der Waals surface area contributed by atoms with Crippen LogP contribution in [0.3, 0.4) is 0 Å². The largest absolute Gasteiger partial charge is 0.451 e. The molecule has 1 saturated carbocycles. The van der Waals surface area contributed by atoms with Gasteiger partial charge in [-0.3, -0.25) is 0 Å². The molecule has 1 fully saturated rings. The van der Waals surface area contributed by atoms with Gasteiger partial charge in [-0.15, -0.1) is 0 Å². The normalized spacial score (nSPS) is 35.4. The van der Waals surface area contributed by atoms with E-state index in [0.717, 1.165) is 12.8 Å². The molecule has 1 aliphatic carbocycles. The van der Waals surface area contributed by atoms with Crippen molar-refractivity contribution >= 4 is 5.97 Å². The summed E-state index contributed by atoms with van der Waals surface area (Å²) in [5.41, 5.74) is 1.74. The van der Waals surface area contributed by atoms with Gasteiger partial charge in [-0.25, -0.2) is 4.79 Å². The van der Waals surface area contributed by atoms with Crippen LogP contribution in [0.15, 0.2) is 23.3 Å². The van der Waals surface area contributed by atoms with E-state index < -0.39 is 0 Å². The van der Waals surface area contributed by atoms with Crippen LogP contribution in [0.2, 0.25) is 0 Å². The fraction of sp³-hybridized carbons (Fsp3) is 0.643. The molecule has 0 aromatic rings. The van der Waals surface area contributed by atoms with E-state index in [2.05, 4.69) is 13.8 Å². The minimum atomic E-state index is -0.370. The first-order valence-electron chi connectivity index (χ1n) is 6.01. The Morgan fingerprint density at radius 3 is 2.62 bits per heavy atom. The maximum atomic E-state index is 11.8. The number of esters is 1. The van der Waals surface area contributed by atoms with Crippen LogP contribution in [0.4, 0.5) is 0 Å². The third-order valence-electron chi connectivity index (χ3n) is 3.92. The van der Waals surface area contributed by atoms with E-state index in [-0.39, 0.29) is 17.0 Å². The summed E-state index contributed by atoms with van der Waals surface area (Å²) < 4.78 is 5.64. The molecule has 2 nitrogen and oxygen atoms in total. The SMILES string of the molecule is C/C=C1\C=C2C(C)(C)CCCC2(C)OC1=O. The van der Waals surface area contributed by atoms with E-state index in [0.29, 0.717) is 5.57 Å². The van der Waals surface area contributed by atoms with Crippen LogP contribution in [-0.4, -0.2) is 11.6 Å². The fourth-order valence-corrected chi connectivity index (χ4v) is 2.99. The van der Waals surface area contributed by atoms with Crippen LogP contribution in [0, 0.1) is 5.41 Å². The predicted molar refractivity (Wildman–Crippen MR) is 64.0 cm³/mol. The third kappa shape index (κ3) is 1.60. The number of hydrogen-bond acceptors (Lipinski definition) is 2. The number of carbonyl (C=O) groups is 1. The number of carbonyl (C=O) groups excluding carboxylic acids is 1. The van der Waals surface area contributed by atoms with Crippen LogP contribution in [0.25, 0.3) is 0 Å². The molecule has 1 aliphatic heterocycles. The molecule has 0 saturated heterocycles. The average molecular weight is 220 g/mol. The number of allylic oxidation sites excluding steroid dienone is 1. The Hall–Kier alpha value is -1.05. The molecule has 0 bridgehead atoms. The van der Waals surface area contributed by atoms with Crippen LogP contribution in [-0.2, 0) is 9.53 Å². The molecule has 1 atom stereocenters. The van der Waals surface area contributed by atoms with Crippen molar-refractivity contribution in [2.24, 2.45) is 5.41 Å². The Morgan fingerprint density at radius 1 is 1.31 bits per heavy atom. The van der Waals surface area contributed by atoms with Gasteiger partial charge in [0.1, 0.15) is 5.60 Å². The summed E-state index contributed by atoms with van der Waals surface area (Å²) in [6.07, 6.45) is 7.12. The lowest BCUT2D eigenvalue weighted by Crippen LogP contribution is -2.46. The monoisotopic (exact) mass is 220 g/mol. The predicted octanol–water partition coefficient (Wildman–Crippen LogP) is 3.38. The van der Waals surface area contributed by atoms with Gasteiger partial charge in [0.15, 0.2) is 0 Å². The number of rotatable bonds is 0. The lowest BCUT2D eigenvalue weighted by molar-refractivity contribution is -0.154. The Morgan fingerprint density at radius 2 is 2.00 bits per heavy atom. The zero-order chi connectivity index (χ0) is 12.0. The fourth-order valence-electron chi connectivity index (χ4n) is 2.99. The van der Waals surface area contributed by atoms with E-state index in [4.69, 9.17) is 4.74 Å². The highest BCUT2D eigenvalue weighted by atomic mass is 16.6. The van der Waals surface area contributed by atoms with Gasteiger partial charge in [0.05, 0.1) is 5.57 Å². The van der Waals surface area contributed by atoms with Crippen LogP contribution < -0.4 is 0 Å². The summed E-state index contributed by atoms with van der Waals surface area (Å²) in [7, 11) is 0. The molecule has 0 aromatic heterocycles. The van der Waals surface area contributed by atoms with Crippen LogP contribution >= 0.6 is 0 Å². The number of fused-ring (bicyclic) bond motifs is 1. The minimum absolute atomic E-state index is 0.141. The average Bonchev–Trinajstić information content (AvgIpc) is 2.15. The number of hydrogen-bond donors (Lipinski definition) is 0. The highest BCUT2D eigenvalue weighted by molar-refractivity contribution is 5.93. The molecule has 2 rings (SSSR count). The summed E-state index contributed by atoms with van der Waals surface area (Å²) in [5.74, 6) is -0.175. The minimum Gasteiger partial charge on any atom is -0.451 e. The van der Waals surface area contributed by atoms with E-state index in [1.54, 1.807) is 0 Å². The smallest absolute Gasteiger partial charge is 0.338 e. The Balaban J connectivity index is 2.52. The maximum absolute atomic E-state index is 11.8. The molecule has 0 spiro atoms. The van der Waals surface area contributed by atoms with Crippen molar-refractivity contribution in [3.63, 3.8) is 0 Å². The lowest BCUT2D eigenvalue weighted by atomic mass is 9.65. The zero-order valence-corrected chi connectivity index (χ0v) is 10.6. The second kappa shape index (κ2) is 3.47. The molecule has 0 N–H and O–H groups in total. The van der Waals surface area contributed by atoms with Crippen molar-refractivity contribution in [2.45, 2.75) is 52.6 Å². The highest BCUT2D eigenvalue weighted by Crippen LogP contribution is 2.49. The van der Waals surface area contributed by atoms with Gasteiger partial charge in [-0.1, -0.05) is 19.9 Å². The third-order valence-corrected chi connectivity index (χ3v) is 3.92. The summed E-state index contributed by atoms with van der Waals surface area (Å²) >= 11 is 0. The summed E-state index contributed by atoms with van der Waals surface area (Å²) in [6.45, 7) is 8.40. The van der Waals surface area contributed by atoms with E-state index in [1.807, 2.05) is 26.0 Å². The first-order chi connectivity index (χ1) is 7.39. The molecular formula is C14H20O2. The number of ether oxygens (including phenoxy) is 1. The van der Waals surface area contributed by atoms with Gasteiger partial charge >= 0.3 is 5.97 Å². The van der Waals surface area contributed by atoms with Crippen LogP contribution in [0.5, 0.6) is 0 Å². The van der Waals surface area contributed by atoms with E-state index in [9.17, 15) is 4.79 Å². The lowest BCUT2D eigenvalue weighted by Gasteiger charge is -2.47. The molecule has 2 heteroatoms. The van der Waals surface area contributed by atoms with Crippen molar-refractivity contribution in [1.82, 2.24) is 0 Å². The Labute approximate surface area is 97.4 Å². The highest BCUT2D eigenvalue weighted by Gasteiger charge is 2.46. The quantitative estimate of drug-likeness (QED) is 0.462. The molecule has 1 unspecified atom stereocenters. The van der Waals surface area contributed by atoms with E-state index >= 15 is 0 Å². The summed E-state index contributed by atoms with van der Waals surface area (Å²) in [4.78, 5) is 11.8. The molecule has 1 heterocycles. The first-order valence-corrected chi connectivity index (χ1v) is 6.01.